The molecule has 1 aromatic heterocycles. The molecule has 0 radical (unpaired) electrons. The van der Waals surface area contributed by atoms with Gasteiger partial charge in [0.05, 0.1) is 12.2 Å². The van der Waals surface area contributed by atoms with Gasteiger partial charge >= 0.3 is 0 Å². The summed E-state index contributed by atoms with van der Waals surface area (Å²) in [4.78, 5) is 0. The second-order valence-electron chi connectivity index (χ2n) is 3.21. The van der Waals surface area contributed by atoms with E-state index < -0.39 is 0 Å². The van der Waals surface area contributed by atoms with Gasteiger partial charge in [-0.2, -0.15) is 10.2 Å². The number of rotatable bonds is 2. The second-order valence-corrected chi connectivity index (χ2v) is 3.64. The van der Waals surface area contributed by atoms with Crippen LogP contribution in [-0.4, -0.2) is 10.2 Å². The maximum Gasteiger partial charge on any atom is 0.0568 e. The first kappa shape index (κ1) is 10.1. The molecule has 0 amide bonds. The lowest BCUT2D eigenvalue weighted by atomic mass is 10.0. The molecule has 0 saturated carbocycles. The van der Waals surface area contributed by atoms with Gasteiger partial charge in [-0.05, 0) is 29.3 Å². The van der Waals surface area contributed by atoms with Crippen LogP contribution >= 0.6 is 11.6 Å². The Morgan fingerprint density at radius 2 is 2.00 bits per heavy atom. The zero-order valence-electron chi connectivity index (χ0n) is 7.97. The fraction of sp³-hybridized carbons (Fsp3) is 0.0909. The van der Waals surface area contributed by atoms with Gasteiger partial charge in [-0.3, -0.25) is 0 Å². The van der Waals surface area contributed by atoms with Gasteiger partial charge in [0.2, 0.25) is 0 Å². The molecule has 0 aliphatic carbocycles. The van der Waals surface area contributed by atoms with Crippen LogP contribution in [0.2, 0.25) is 5.02 Å². The Morgan fingerprint density at radius 3 is 2.67 bits per heavy atom. The smallest absolute Gasteiger partial charge is 0.0568 e. The summed E-state index contributed by atoms with van der Waals surface area (Å²) in [5.74, 6) is 0. The highest BCUT2D eigenvalue weighted by Gasteiger charge is 2.08. The van der Waals surface area contributed by atoms with Crippen LogP contribution < -0.4 is 5.73 Å². The molecule has 2 aromatic rings. The van der Waals surface area contributed by atoms with Crippen LogP contribution in [0.25, 0.3) is 0 Å². The van der Waals surface area contributed by atoms with E-state index in [0.29, 0.717) is 5.02 Å². The Bertz CT molecular complexity index is 445. The summed E-state index contributed by atoms with van der Waals surface area (Å²) in [5.41, 5.74) is 7.95. The molecule has 15 heavy (non-hydrogen) atoms. The first-order valence-electron chi connectivity index (χ1n) is 4.55. The molecule has 76 valence electrons. The van der Waals surface area contributed by atoms with E-state index in [9.17, 15) is 0 Å². The number of nitrogens with zero attached hydrogens (tertiary/aromatic N) is 2. The molecule has 2 N–H and O–H groups in total. The van der Waals surface area contributed by atoms with Gasteiger partial charge in [-0.1, -0.05) is 23.7 Å². The molecule has 0 saturated heterocycles. The number of hydrogen-bond acceptors (Lipinski definition) is 3. The van der Waals surface area contributed by atoms with Crippen molar-refractivity contribution < 1.29 is 0 Å². The molecule has 2 rings (SSSR count). The van der Waals surface area contributed by atoms with Crippen LogP contribution in [0.3, 0.4) is 0 Å². The topological polar surface area (TPSA) is 51.8 Å². The van der Waals surface area contributed by atoms with E-state index in [1.165, 1.54) is 0 Å². The Labute approximate surface area is 92.9 Å². The third-order valence-electron chi connectivity index (χ3n) is 2.17. The lowest BCUT2D eigenvalue weighted by Crippen LogP contribution is -2.12. The largest absolute Gasteiger partial charge is 0.320 e. The predicted octanol–water partition coefficient (Wildman–Crippen LogP) is 2.18. The lowest BCUT2D eigenvalue weighted by Gasteiger charge is -2.11. The van der Waals surface area contributed by atoms with Gasteiger partial charge < -0.3 is 5.73 Å². The molecular weight excluding hydrogens is 210 g/mol. The van der Waals surface area contributed by atoms with E-state index in [2.05, 4.69) is 10.2 Å². The van der Waals surface area contributed by atoms with Crippen molar-refractivity contribution in [1.82, 2.24) is 10.2 Å². The average Bonchev–Trinajstić information content (AvgIpc) is 2.29. The van der Waals surface area contributed by atoms with E-state index in [1.807, 2.05) is 30.3 Å². The number of benzene rings is 1. The maximum atomic E-state index is 6.06. The van der Waals surface area contributed by atoms with Crippen LogP contribution in [0.1, 0.15) is 17.2 Å². The lowest BCUT2D eigenvalue weighted by molar-refractivity contribution is 0.846. The molecule has 1 heterocycles. The highest BCUT2D eigenvalue weighted by molar-refractivity contribution is 6.30. The highest BCUT2D eigenvalue weighted by Crippen LogP contribution is 2.20. The molecular formula is C11H10ClN3. The Kier molecular flexibility index (Phi) is 2.94. The van der Waals surface area contributed by atoms with Crippen molar-refractivity contribution in [2.45, 2.75) is 6.04 Å². The first-order valence-corrected chi connectivity index (χ1v) is 4.93. The summed E-state index contributed by atoms with van der Waals surface area (Å²) in [7, 11) is 0. The molecule has 0 fully saturated rings. The first-order chi connectivity index (χ1) is 7.27. The molecule has 0 aliphatic rings. The number of nitrogens with two attached hydrogens (primary N) is 1. The van der Waals surface area contributed by atoms with Crippen molar-refractivity contribution in [1.29, 1.82) is 0 Å². The summed E-state index contributed by atoms with van der Waals surface area (Å²) < 4.78 is 0. The second kappa shape index (κ2) is 4.38. The van der Waals surface area contributed by atoms with Crippen LogP contribution in [0.5, 0.6) is 0 Å². The summed E-state index contributed by atoms with van der Waals surface area (Å²) in [5, 5.41) is 8.18. The third kappa shape index (κ3) is 2.32. The van der Waals surface area contributed by atoms with Gasteiger partial charge in [0.1, 0.15) is 0 Å². The minimum atomic E-state index is -0.209. The average molecular weight is 220 g/mol. The normalized spacial score (nSPS) is 12.4. The van der Waals surface area contributed by atoms with Gasteiger partial charge in [0.15, 0.2) is 0 Å². The molecule has 1 aromatic carbocycles. The van der Waals surface area contributed by atoms with Gasteiger partial charge in [-0.15, -0.1) is 0 Å². The van der Waals surface area contributed by atoms with Crippen LogP contribution in [-0.2, 0) is 0 Å². The molecule has 0 bridgehead atoms. The fourth-order valence-electron chi connectivity index (χ4n) is 1.38. The van der Waals surface area contributed by atoms with Crippen molar-refractivity contribution >= 4 is 11.6 Å². The van der Waals surface area contributed by atoms with E-state index in [1.54, 1.807) is 12.4 Å². The van der Waals surface area contributed by atoms with E-state index in [-0.39, 0.29) is 6.04 Å². The highest BCUT2D eigenvalue weighted by atomic mass is 35.5. The van der Waals surface area contributed by atoms with E-state index >= 15 is 0 Å². The van der Waals surface area contributed by atoms with Crippen molar-refractivity contribution in [3.05, 3.63) is 58.9 Å². The maximum absolute atomic E-state index is 6.06. The number of hydrogen-bond donors (Lipinski definition) is 1. The summed E-state index contributed by atoms with van der Waals surface area (Å²) in [6.45, 7) is 0. The minimum Gasteiger partial charge on any atom is -0.320 e. The van der Waals surface area contributed by atoms with Gasteiger partial charge in [-0.25, -0.2) is 0 Å². The van der Waals surface area contributed by atoms with Crippen LogP contribution in [0.4, 0.5) is 0 Å². The molecule has 0 spiro atoms. The molecule has 3 nitrogen and oxygen atoms in total. The molecule has 0 aliphatic heterocycles. The SMILES string of the molecule is NC(c1ccnnc1)c1cccc(Cl)c1. The van der Waals surface area contributed by atoms with Crippen molar-refractivity contribution in [2.75, 3.05) is 0 Å². The summed E-state index contributed by atoms with van der Waals surface area (Å²) >= 11 is 5.89. The quantitative estimate of drug-likeness (QED) is 0.842. The van der Waals surface area contributed by atoms with Crippen molar-refractivity contribution in [3.63, 3.8) is 0 Å². The minimum absolute atomic E-state index is 0.209. The Hall–Kier alpha value is -1.45. The summed E-state index contributed by atoms with van der Waals surface area (Å²) in [6, 6.07) is 9.14. The third-order valence-corrected chi connectivity index (χ3v) is 2.41. The zero-order valence-corrected chi connectivity index (χ0v) is 8.72. The predicted molar refractivity (Wildman–Crippen MR) is 59.5 cm³/mol. The molecule has 1 unspecified atom stereocenters. The Morgan fingerprint density at radius 1 is 1.13 bits per heavy atom. The monoisotopic (exact) mass is 219 g/mol. The van der Waals surface area contributed by atoms with Gasteiger partial charge in [0.25, 0.3) is 0 Å². The molecule has 4 heteroatoms. The van der Waals surface area contributed by atoms with E-state index in [4.69, 9.17) is 17.3 Å². The van der Waals surface area contributed by atoms with Crippen molar-refractivity contribution in [2.24, 2.45) is 5.73 Å². The number of halogens is 1. The standard InChI is InChI=1S/C11H10ClN3/c12-10-3-1-2-8(6-10)11(13)9-4-5-14-15-7-9/h1-7,11H,13H2. The van der Waals surface area contributed by atoms with E-state index in [0.717, 1.165) is 11.1 Å². The van der Waals surface area contributed by atoms with Gasteiger partial charge in [0, 0.05) is 11.2 Å². The summed E-state index contributed by atoms with van der Waals surface area (Å²) in [6.07, 6.45) is 3.28. The van der Waals surface area contributed by atoms with Crippen LogP contribution in [0, 0.1) is 0 Å². The zero-order chi connectivity index (χ0) is 10.7. The Balaban J connectivity index is 2.32. The number of aromatic nitrogens is 2. The van der Waals surface area contributed by atoms with Crippen LogP contribution in [0.15, 0.2) is 42.7 Å². The fourth-order valence-corrected chi connectivity index (χ4v) is 1.58. The van der Waals surface area contributed by atoms with Crippen molar-refractivity contribution in [3.8, 4) is 0 Å². The molecule has 1 atom stereocenters.